The van der Waals surface area contributed by atoms with E-state index < -0.39 is 0 Å². The van der Waals surface area contributed by atoms with Crippen LogP contribution in [-0.2, 0) is 0 Å². The minimum Gasteiger partial charge on any atom is -0.454 e. The van der Waals surface area contributed by atoms with Crippen molar-refractivity contribution in [1.82, 2.24) is 15.0 Å². The molecule has 206 valence electrons. The SMILES string of the molecule is c1ccc(-c2cc(-c3ccccc3)nc(-c3ccc4c(ccc5oc6c(ccc7oc(-c8ccccc8)nc76)c54)c3)n2)cc1. The molecule has 0 atom stereocenters. The Labute approximate surface area is 252 Å². The van der Waals surface area contributed by atoms with Gasteiger partial charge in [0.15, 0.2) is 22.5 Å². The van der Waals surface area contributed by atoms with E-state index in [0.29, 0.717) is 17.3 Å². The van der Waals surface area contributed by atoms with Crippen LogP contribution in [-0.4, -0.2) is 15.0 Å². The maximum Gasteiger partial charge on any atom is 0.227 e. The summed E-state index contributed by atoms with van der Waals surface area (Å²) in [6.45, 7) is 0. The molecule has 5 heteroatoms. The molecule has 3 aromatic heterocycles. The van der Waals surface area contributed by atoms with Crippen molar-refractivity contribution in [3.63, 3.8) is 0 Å². The second kappa shape index (κ2) is 9.75. The smallest absolute Gasteiger partial charge is 0.227 e. The molecule has 0 unspecified atom stereocenters. The van der Waals surface area contributed by atoms with Crippen LogP contribution < -0.4 is 0 Å². The minimum atomic E-state index is 0.579. The molecule has 0 amide bonds. The van der Waals surface area contributed by atoms with E-state index in [0.717, 1.165) is 71.9 Å². The number of rotatable bonds is 4. The third kappa shape index (κ3) is 3.98. The molecule has 3 heterocycles. The molecule has 9 rings (SSSR count). The predicted octanol–water partition coefficient (Wildman–Crippen LogP) is 10.3. The molecular weight excluding hydrogens is 542 g/mol. The number of fused-ring (bicyclic) bond motifs is 7. The molecular formula is C39H23N3O2. The van der Waals surface area contributed by atoms with Gasteiger partial charge in [-0.2, -0.15) is 0 Å². The van der Waals surface area contributed by atoms with Gasteiger partial charge in [0.05, 0.1) is 11.4 Å². The van der Waals surface area contributed by atoms with E-state index >= 15 is 0 Å². The van der Waals surface area contributed by atoms with Crippen LogP contribution in [0.15, 0.2) is 148 Å². The van der Waals surface area contributed by atoms with Crippen LogP contribution in [0, 0.1) is 0 Å². The molecule has 0 fully saturated rings. The molecule has 5 nitrogen and oxygen atoms in total. The van der Waals surface area contributed by atoms with Gasteiger partial charge >= 0.3 is 0 Å². The Kier molecular flexibility index (Phi) is 5.43. The fourth-order valence-electron chi connectivity index (χ4n) is 5.99. The van der Waals surface area contributed by atoms with Crippen molar-refractivity contribution in [2.45, 2.75) is 0 Å². The zero-order valence-corrected chi connectivity index (χ0v) is 23.4. The molecule has 9 aromatic rings. The summed E-state index contributed by atoms with van der Waals surface area (Å²) >= 11 is 0. The highest BCUT2D eigenvalue weighted by Crippen LogP contribution is 2.40. The molecule has 44 heavy (non-hydrogen) atoms. The fourth-order valence-corrected chi connectivity index (χ4v) is 5.99. The summed E-state index contributed by atoms with van der Waals surface area (Å²) < 4.78 is 12.5. The van der Waals surface area contributed by atoms with Crippen LogP contribution in [0.25, 0.3) is 89.2 Å². The number of hydrogen-bond acceptors (Lipinski definition) is 5. The monoisotopic (exact) mass is 565 g/mol. The van der Waals surface area contributed by atoms with Gasteiger partial charge < -0.3 is 8.83 Å². The summed E-state index contributed by atoms with van der Waals surface area (Å²) in [5.74, 6) is 1.26. The maximum absolute atomic E-state index is 6.42. The van der Waals surface area contributed by atoms with E-state index in [1.807, 2.05) is 78.9 Å². The molecule has 0 bridgehead atoms. The summed E-state index contributed by atoms with van der Waals surface area (Å²) in [6.07, 6.45) is 0. The van der Waals surface area contributed by atoms with Crippen LogP contribution in [0.5, 0.6) is 0 Å². The van der Waals surface area contributed by atoms with Gasteiger partial charge in [0.25, 0.3) is 0 Å². The van der Waals surface area contributed by atoms with Crippen molar-refractivity contribution in [2.75, 3.05) is 0 Å². The number of hydrogen-bond donors (Lipinski definition) is 0. The lowest BCUT2D eigenvalue weighted by Crippen LogP contribution is -1.96. The molecule has 0 aliphatic heterocycles. The van der Waals surface area contributed by atoms with Crippen molar-refractivity contribution >= 4 is 43.8 Å². The van der Waals surface area contributed by atoms with Crippen LogP contribution >= 0.6 is 0 Å². The maximum atomic E-state index is 6.42. The van der Waals surface area contributed by atoms with Crippen molar-refractivity contribution in [3.05, 3.63) is 140 Å². The predicted molar refractivity (Wildman–Crippen MR) is 176 cm³/mol. The Balaban J connectivity index is 1.21. The van der Waals surface area contributed by atoms with Gasteiger partial charge in [0, 0.05) is 33.0 Å². The zero-order valence-electron chi connectivity index (χ0n) is 23.4. The topological polar surface area (TPSA) is 65.0 Å². The summed E-state index contributed by atoms with van der Waals surface area (Å²) in [7, 11) is 0. The Morgan fingerprint density at radius 3 is 1.73 bits per heavy atom. The molecule has 0 aliphatic rings. The van der Waals surface area contributed by atoms with Gasteiger partial charge in [0.2, 0.25) is 5.89 Å². The Bertz CT molecular complexity index is 2420. The molecule has 0 spiro atoms. The Morgan fingerprint density at radius 2 is 1.05 bits per heavy atom. The Morgan fingerprint density at radius 1 is 0.432 bits per heavy atom. The number of oxazole rings is 1. The molecule has 0 aliphatic carbocycles. The lowest BCUT2D eigenvalue weighted by molar-refractivity contribution is 0.620. The van der Waals surface area contributed by atoms with Crippen molar-refractivity contribution in [1.29, 1.82) is 0 Å². The Hall–Kier alpha value is -6.07. The summed E-state index contributed by atoms with van der Waals surface area (Å²) in [6, 6.07) is 47.0. The number of aromatic nitrogens is 3. The lowest BCUT2D eigenvalue weighted by atomic mass is 10.0. The fraction of sp³-hybridized carbons (Fsp3) is 0. The highest BCUT2D eigenvalue weighted by Gasteiger charge is 2.18. The molecule has 0 saturated heterocycles. The first-order valence-corrected chi connectivity index (χ1v) is 14.5. The first kappa shape index (κ1) is 24.5. The van der Waals surface area contributed by atoms with Gasteiger partial charge in [-0.25, -0.2) is 15.0 Å². The van der Waals surface area contributed by atoms with Gasteiger partial charge in [-0.05, 0) is 53.2 Å². The summed E-state index contributed by atoms with van der Waals surface area (Å²) in [5, 5.41) is 4.24. The van der Waals surface area contributed by atoms with Crippen LogP contribution in [0.3, 0.4) is 0 Å². The van der Waals surface area contributed by atoms with Crippen LogP contribution in [0.2, 0.25) is 0 Å². The third-order valence-electron chi connectivity index (χ3n) is 8.12. The zero-order chi connectivity index (χ0) is 29.0. The third-order valence-corrected chi connectivity index (χ3v) is 8.12. The number of furan rings is 1. The van der Waals surface area contributed by atoms with Crippen LogP contribution in [0.1, 0.15) is 0 Å². The molecule has 0 saturated carbocycles. The molecule has 0 radical (unpaired) electrons. The van der Waals surface area contributed by atoms with Crippen molar-refractivity contribution in [2.24, 2.45) is 0 Å². The van der Waals surface area contributed by atoms with Crippen molar-refractivity contribution < 1.29 is 8.83 Å². The van der Waals surface area contributed by atoms with E-state index in [4.69, 9.17) is 23.8 Å². The average molecular weight is 566 g/mol. The lowest BCUT2D eigenvalue weighted by Gasteiger charge is -2.10. The van der Waals surface area contributed by atoms with Gasteiger partial charge in [-0.1, -0.05) is 97.1 Å². The second-order valence-electron chi connectivity index (χ2n) is 10.8. The van der Waals surface area contributed by atoms with E-state index in [2.05, 4.69) is 60.7 Å². The highest BCUT2D eigenvalue weighted by molar-refractivity contribution is 6.22. The first-order chi connectivity index (χ1) is 21.8. The standard InChI is InChI=1S/C39H23N3O2/c1-4-10-24(11-5-1)31-23-32(25-12-6-2-7-13-25)41-38(40-31)28-16-18-29-27(22-28)17-20-33-35(29)30-19-21-34-36(37(30)43-33)42-39(44-34)26-14-8-3-9-15-26/h1-23H. The number of benzene rings is 6. The highest BCUT2D eigenvalue weighted by atomic mass is 16.4. The van der Waals surface area contributed by atoms with Gasteiger partial charge in [-0.15, -0.1) is 0 Å². The average Bonchev–Trinajstić information content (AvgIpc) is 3.71. The minimum absolute atomic E-state index is 0.579. The largest absolute Gasteiger partial charge is 0.454 e. The summed E-state index contributed by atoms with van der Waals surface area (Å²) in [5.41, 5.74) is 8.72. The van der Waals surface area contributed by atoms with Gasteiger partial charge in [0.1, 0.15) is 5.58 Å². The van der Waals surface area contributed by atoms with Gasteiger partial charge in [-0.3, -0.25) is 0 Å². The summed E-state index contributed by atoms with van der Waals surface area (Å²) in [4.78, 5) is 14.9. The molecule has 0 N–H and O–H groups in total. The normalized spacial score (nSPS) is 11.6. The number of nitrogens with zero attached hydrogens (tertiary/aromatic N) is 3. The van der Waals surface area contributed by atoms with E-state index in [1.165, 1.54) is 0 Å². The van der Waals surface area contributed by atoms with Crippen LogP contribution in [0.4, 0.5) is 0 Å². The van der Waals surface area contributed by atoms with Crippen molar-refractivity contribution in [3.8, 4) is 45.4 Å². The van der Waals surface area contributed by atoms with E-state index in [-0.39, 0.29) is 0 Å². The van der Waals surface area contributed by atoms with E-state index in [1.54, 1.807) is 0 Å². The molecule has 6 aromatic carbocycles. The second-order valence-corrected chi connectivity index (χ2v) is 10.8. The first-order valence-electron chi connectivity index (χ1n) is 14.5. The van der Waals surface area contributed by atoms with E-state index in [9.17, 15) is 0 Å². The quantitative estimate of drug-likeness (QED) is 0.212.